The van der Waals surface area contributed by atoms with Crippen molar-refractivity contribution < 1.29 is 0 Å². The first-order valence-corrected chi connectivity index (χ1v) is 6.51. The van der Waals surface area contributed by atoms with Crippen LogP contribution in [0.15, 0.2) is 18.5 Å². The zero-order valence-electron chi connectivity index (χ0n) is 9.99. The van der Waals surface area contributed by atoms with Crippen LogP contribution >= 0.6 is 11.6 Å². The van der Waals surface area contributed by atoms with Crippen molar-refractivity contribution in [1.29, 1.82) is 0 Å². The van der Waals surface area contributed by atoms with Gasteiger partial charge in [0, 0.05) is 36.2 Å². The van der Waals surface area contributed by atoms with E-state index in [1.807, 2.05) is 12.4 Å². The van der Waals surface area contributed by atoms with Crippen molar-refractivity contribution in [3.05, 3.63) is 24.0 Å². The number of aromatic nitrogens is 1. The SMILES string of the molecule is CC1CCC(C)N(c2ccncc2CCl)C1. The Balaban J connectivity index is 2.27. The number of pyridine rings is 1. The number of nitrogens with zero attached hydrogens (tertiary/aromatic N) is 2. The van der Waals surface area contributed by atoms with Crippen molar-refractivity contribution in [2.24, 2.45) is 5.92 Å². The van der Waals surface area contributed by atoms with Crippen molar-refractivity contribution in [1.82, 2.24) is 4.98 Å². The van der Waals surface area contributed by atoms with Crippen LogP contribution in [0.2, 0.25) is 0 Å². The Kier molecular flexibility index (Phi) is 3.70. The fourth-order valence-electron chi connectivity index (χ4n) is 2.43. The summed E-state index contributed by atoms with van der Waals surface area (Å²) in [7, 11) is 0. The first kappa shape index (κ1) is 11.7. The zero-order valence-corrected chi connectivity index (χ0v) is 10.7. The number of piperidine rings is 1. The summed E-state index contributed by atoms with van der Waals surface area (Å²) in [6.07, 6.45) is 6.34. The number of halogens is 1. The van der Waals surface area contributed by atoms with Gasteiger partial charge in [-0.25, -0.2) is 0 Å². The summed E-state index contributed by atoms with van der Waals surface area (Å²) < 4.78 is 0. The van der Waals surface area contributed by atoms with Gasteiger partial charge in [0.15, 0.2) is 0 Å². The Morgan fingerprint density at radius 3 is 3.00 bits per heavy atom. The van der Waals surface area contributed by atoms with E-state index in [-0.39, 0.29) is 0 Å². The highest BCUT2D eigenvalue weighted by atomic mass is 35.5. The number of hydrogen-bond donors (Lipinski definition) is 0. The van der Waals surface area contributed by atoms with E-state index < -0.39 is 0 Å². The third-order valence-electron chi connectivity index (χ3n) is 3.45. The van der Waals surface area contributed by atoms with Crippen LogP contribution in [0.5, 0.6) is 0 Å². The van der Waals surface area contributed by atoms with Crippen molar-refractivity contribution >= 4 is 17.3 Å². The van der Waals surface area contributed by atoms with Crippen LogP contribution in [0.3, 0.4) is 0 Å². The number of anilines is 1. The van der Waals surface area contributed by atoms with E-state index in [1.54, 1.807) is 0 Å². The molecule has 2 nitrogen and oxygen atoms in total. The van der Waals surface area contributed by atoms with E-state index in [1.165, 1.54) is 18.5 Å². The Morgan fingerprint density at radius 2 is 2.25 bits per heavy atom. The molecule has 2 unspecified atom stereocenters. The number of rotatable bonds is 2. The average molecular weight is 239 g/mol. The van der Waals surface area contributed by atoms with Gasteiger partial charge in [0.05, 0.1) is 5.88 Å². The third-order valence-corrected chi connectivity index (χ3v) is 3.74. The molecule has 1 aliphatic rings. The highest BCUT2D eigenvalue weighted by Crippen LogP contribution is 2.30. The molecule has 0 aromatic carbocycles. The molecule has 2 atom stereocenters. The Bertz CT molecular complexity index is 354. The lowest BCUT2D eigenvalue weighted by molar-refractivity contribution is 0.390. The zero-order chi connectivity index (χ0) is 11.5. The minimum Gasteiger partial charge on any atom is -0.368 e. The van der Waals surface area contributed by atoms with E-state index in [0.29, 0.717) is 11.9 Å². The minimum absolute atomic E-state index is 0.542. The fraction of sp³-hybridized carbons (Fsp3) is 0.615. The summed E-state index contributed by atoms with van der Waals surface area (Å²) in [5.41, 5.74) is 2.41. The Hall–Kier alpha value is -0.760. The van der Waals surface area contributed by atoms with Crippen molar-refractivity contribution in [3.8, 4) is 0 Å². The summed E-state index contributed by atoms with van der Waals surface area (Å²) in [6, 6.07) is 2.70. The highest BCUT2D eigenvalue weighted by molar-refractivity contribution is 6.17. The summed E-state index contributed by atoms with van der Waals surface area (Å²) in [6.45, 7) is 5.75. The molecule has 0 saturated carbocycles. The second-order valence-electron chi connectivity index (χ2n) is 4.82. The first-order valence-electron chi connectivity index (χ1n) is 5.98. The maximum absolute atomic E-state index is 5.97. The van der Waals surface area contributed by atoms with E-state index in [0.717, 1.165) is 18.0 Å². The molecule has 0 bridgehead atoms. The second-order valence-corrected chi connectivity index (χ2v) is 5.09. The van der Waals surface area contributed by atoms with Gasteiger partial charge in [0.25, 0.3) is 0 Å². The number of hydrogen-bond acceptors (Lipinski definition) is 2. The molecule has 0 aliphatic carbocycles. The highest BCUT2D eigenvalue weighted by Gasteiger charge is 2.24. The molecule has 0 radical (unpaired) electrons. The molecule has 0 amide bonds. The van der Waals surface area contributed by atoms with Gasteiger partial charge in [-0.1, -0.05) is 6.92 Å². The van der Waals surface area contributed by atoms with Gasteiger partial charge in [0.1, 0.15) is 0 Å². The monoisotopic (exact) mass is 238 g/mol. The lowest BCUT2D eigenvalue weighted by atomic mass is 9.94. The standard InChI is InChI=1S/C13H19ClN2/c1-10-3-4-11(2)16(9-10)13-5-6-15-8-12(13)7-14/h5-6,8,10-11H,3-4,7,9H2,1-2H3. The second kappa shape index (κ2) is 5.05. The molecule has 2 rings (SSSR count). The van der Waals surface area contributed by atoms with Crippen LogP contribution in [0.25, 0.3) is 0 Å². The van der Waals surface area contributed by atoms with Gasteiger partial charge in [-0.05, 0) is 31.7 Å². The number of alkyl halides is 1. The molecular weight excluding hydrogens is 220 g/mol. The lowest BCUT2D eigenvalue weighted by Gasteiger charge is -2.39. The third kappa shape index (κ3) is 2.32. The van der Waals surface area contributed by atoms with Gasteiger partial charge >= 0.3 is 0 Å². The predicted octanol–water partition coefficient (Wildman–Crippen LogP) is 3.45. The minimum atomic E-state index is 0.542. The quantitative estimate of drug-likeness (QED) is 0.734. The summed E-state index contributed by atoms with van der Waals surface area (Å²) in [4.78, 5) is 6.62. The van der Waals surface area contributed by atoms with Gasteiger partial charge in [-0.2, -0.15) is 0 Å². The van der Waals surface area contributed by atoms with Crippen LogP contribution in [0, 0.1) is 5.92 Å². The van der Waals surface area contributed by atoms with Crippen molar-refractivity contribution in [2.75, 3.05) is 11.4 Å². The molecule has 1 aromatic heterocycles. The summed E-state index contributed by atoms with van der Waals surface area (Å²) >= 11 is 5.97. The van der Waals surface area contributed by atoms with Crippen LogP contribution in [-0.4, -0.2) is 17.6 Å². The largest absolute Gasteiger partial charge is 0.368 e. The van der Waals surface area contributed by atoms with Crippen LogP contribution < -0.4 is 4.90 Å². The molecule has 1 aliphatic heterocycles. The molecule has 0 N–H and O–H groups in total. The van der Waals surface area contributed by atoms with Crippen molar-refractivity contribution in [2.45, 2.75) is 38.6 Å². The van der Waals surface area contributed by atoms with E-state index >= 15 is 0 Å². The summed E-state index contributed by atoms with van der Waals surface area (Å²) in [5, 5.41) is 0. The van der Waals surface area contributed by atoms with Crippen LogP contribution in [-0.2, 0) is 5.88 Å². The molecule has 88 valence electrons. The van der Waals surface area contributed by atoms with E-state index in [4.69, 9.17) is 11.6 Å². The summed E-state index contributed by atoms with van der Waals surface area (Å²) in [5.74, 6) is 1.31. The van der Waals surface area contributed by atoms with Crippen LogP contribution in [0.4, 0.5) is 5.69 Å². The molecule has 2 heterocycles. The molecule has 1 aromatic rings. The van der Waals surface area contributed by atoms with Gasteiger partial charge < -0.3 is 4.90 Å². The molecule has 1 saturated heterocycles. The van der Waals surface area contributed by atoms with Crippen LogP contribution in [0.1, 0.15) is 32.3 Å². The van der Waals surface area contributed by atoms with Gasteiger partial charge in [-0.3, -0.25) is 4.98 Å². The molecular formula is C13H19ClN2. The van der Waals surface area contributed by atoms with E-state index in [9.17, 15) is 0 Å². The predicted molar refractivity (Wildman–Crippen MR) is 69.0 cm³/mol. The normalized spacial score (nSPS) is 25.8. The lowest BCUT2D eigenvalue weighted by Crippen LogP contribution is -2.41. The average Bonchev–Trinajstić information content (AvgIpc) is 2.32. The molecule has 0 spiro atoms. The molecule has 3 heteroatoms. The van der Waals surface area contributed by atoms with E-state index in [2.05, 4.69) is 29.8 Å². The Labute approximate surface area is 103 Å². The fourth-order valence-corrected chi connectivity index (χ4v) is 2.63. The van der Waals surface area contributed by atoms with Gasteiger partial charge in [-0.15, -0.1) is 11.6 Å². The first-order chi connectivity index (χ1) is 7.72. The molecule has 1 fully saturated rings. The maximum atomic E-state index is 5.97. The smallest absolute Gasteiger partial charge is 0.0509 e. The van der Waals surface area contributed by atoms with Crippen molar-refractivity contribution in [3.63, 3.8) is 0 Å². The Morgan fingerprint density at radius 1 is 1.44 bits per heavy atom. The topological polar surface area (TPSA) is 16.1 Å². The maximum Gasteiger partial charge on any atom is 0.0509 e. The molecule has 16 heavy (non-hydrogen) atoms. The van der Waals surface area contributed by atoms with Gasteiger partial charge in [0.2, 0.25) is 0 Å².